The van der Waals surface area contributed by atoms with Crippen LogP contribution in [-0.2, 0) is 6.61 Å². The minimum atomic E-state index is 0.577. The van der Waals surface area contributed by atoms with Crippen LogP contribution in [0.25, 0.3) is 20.8 Å². The van der Waals surface area contributed by atoms with E-state index in [9.17, 15) is 0 Å². The van der Waals surface area contributed by atoms with Gasteiger partial charge in [0.1, 0.15) is 17.4 Å². The van der Waals surface area contributed by atoms with Crippen LogP contribution < -0.4 is 4.74 Å². The zero-order valence-electron chi connectivity index (χ0n) is 13.1. The molecule has 0 aliphatic heterocycles. The number of aromatic nitrogens is 1. The van der Waals surface area contributed by atoms with Crippen molar-refractivity contribution in [3.8, 4) is 16.3 Å². The Bertz CT molecular complexity index is 974. The molecule has 5 heteroatoms. The van der Waals surface area contributed by atoms with E-state index in [1.165, 1.54) is 10.3 Å². The van der Waals surface area contributed by atoms with Crippen molar-refractivity contribution in [1.29, 1.82) is 0 Å². The summed E-state index contributed by atoms with van der Waals surface area (Å²) >= 11 is 6.42. The molecule has 0 N–H and O–H groups in total. The van der Waals surface area contributed by atoms with Crippen molar-refractivity contribution < 1.29 is 4.74 Å². The molecule has 0 aliphatic carbocycles. The Morgan fingerprint density at radius 1 is 0.880 bits per heavy atom. The van der Waals surface area contributed by atoms with Gasteiger partial charge in [0.15, 0.2) is 0 Å². The summed E-state index contributed by atoms with van der Waals surface area (Å²) < 4.78 is 9.50. The van der Waals surface area contributed by atoms with Gasteiger partial charge >= 0.3 is 0 Å². The number of ether oxygens (including phenoxy) is 1. The summed E-state index contributed by atoms with van der Waals surface area (Å²) in [6, 6.07) is 22.8. The molecule has 0 spiro atoms. The average Bonchev–Trinajstić information content (AvgIpc) is 3.06. The summed E-state index contributed by atoms with van der Waals surface area (Å²) in [5, 5.41) is 1.05. The second kappa shape index (κ2) is 7.59. The van der Waals surface area contributed by atoms with Crippen molar-refractivity contribution >= 4 is 66.7 Å². The molecular formula is C20H13I2NOS. The van der Waals surface area contributed by atoms with Crippen molar-refractivity contribution in [2.75, 3.05) is 0 Å². The number of hydrogen-bond acceptors (Lipinski definition) is 3. The smallest absolute Gasteiger partial charge is 0.146 e. The monoisotopic (exact) mass is 569 g/mol. The fourth-order valence-electron chi connectivity index (χ4n) is 2.55. The molecule has 4 aromatic rings. The molecule has 0 fully saturated rings. The molecule has 3 aromatic carbocycles. The third-order valence-corrected chi connectivity index (χ3v) is 6.45. The number of para-hydroxylation sites is 1. The Labute approximate surface area is 177 Å². The summed E-state index contributed by atoms with van der Waals surface area (Å²) in [7, 11) is 0. The van der Waals surface area contributed by atoms with Gasteiger partial charge in [0.25, 0.3) is 0 Å². The van der Waals surface area contributed by atoms with Gasteiger partial charge in [-0.1, -0.05) is 42.5 Å². The maximum absolute atomic E-state index is 6.07. The van der Waals surface area contributed by atoms with E-state index in [4.69, 9.17) is 9.72 Å². The van der Waals surface area contributed by atoms with Gasteiger partial charge in [0.2, 0.25) is 0 Å². The Hall–Kier alpha value is -1.19. The van der Waals surface area contributed by atoms with Gasteiger partial charge in [-0.2, -0.15) is 0 Å². The molecule has 4 rings (SSSR count). The standard InChI is InChI=1S/C20H13I2NOS/c21-15-10-14(20-23-17-8-4-5-9-18(17)25-20)11-16(22)19(15)24-12-13-6-2-1-3-7-13/h1-11H,12H2. The highest BCUT2D eigenvalue weighted by molar-refractivity contribution is 14.1. The maximum atomic E-state index is 6.07. The molecule has 1 aromatic heterocycles. The third-order valence-electron chi connectivity index (χ3n) is 3.77. The SMILES string of the molecule is Ic1cc(-c2nc3ccccc3s2)cc(I)c1OCc1ccccc1. The van der Waals surface area contributed by atoms with Crippen LogP contribution in [0.15, 0.2) is 66.7 Å². The lowest BCUT2D eigenvalue weighted by atomic mass is 10.2. The molecule has 0 saturated carbocycles. The molecule has 0 amide bonds. The Morgan fingerprint density at radius 2 is 1.56 bits per heavy atom. The minimum Gasteiger partial charge on any atom is -0.487 e. The first-order valence-corrected chi connectivity index (χ1v) is 10.7. The molecule has 124 valence electrons. The van der Waals surface area contributed by atoms with E-state index in [0.717, 1.165) is 29.0 Å². The molecule has 0 aliphatic rings. The highest BCUT2D eigenvalue weighted by Gasteiger charge is 2.13. The van der Waals surface area contributed by atoms with Crippen LogP contribution >= 0.6 is 56.5 Å². The zero-order valence-corrected chi connectivity index (χ0v) is 18.2. The average molecular weight is 569 g/mol. The van der Waals surface area contributed by atoms with Crippen molar-refractivity contribution in [2.45, 2.75) is 6.61 Å². The summed E-state index contributed by atoms with van der Waals surface area (Å²) in [4.78, 5) is 4.76. The van der Waals surface area contributed by atoms with E-state index >= 15 is 0 Å². The highest BCUT2D eigenvalue weighted by Crippen LogP contribution is 2.36. The van der Waals surface area contributed by atoms with Crippen molar-refractivity contribution in [1.82, 2.24) is 4.98 Å². The number of thiazole rings is 1. The molecule has 0 bridgehead atoms. The number of rotatable bonds is 4. The van der Waals surface area contributed by atoms with Crippen molar-refractivity contribution in [3.05, 3.63) is 79.4 Å². The van der Waals surface area contributed by atoms with Crippen LogP contribution in [0.4, 0.5) is 0 Å². The first-order chi connectivity index (χ1) is 12.2. The predicted octanol–water partition coefficient (Wildman–Crippen LogP) is 6.75. The van der Waals surface area contributed by atoms with Crippen molar-refractivity contribution in [3.63, 3.8) is 0 Å². The normalized spacial score (nSPS) is 11.0. The van der Waals surface area contributed by atoms with E-state index in [1.807, 2.05) is 24.3 Å². The van der Waals surface area contributed by atoms with E-state index in [1.54, 1.807) is 11.3 Å². The number of nitrogens with zero attached hydrogens (tertiary/aromatic N) is 1. The molecule has 2 nitrogen and oxygen atoms in total. The molecule has 0 saturated heterocycles. The first kappa shape index (κ1) is 17.2. The van der Waals surface area contributed by atoms with Gasteiger partial charge in [0.05, 0.1) is 17.4 Å². The van der Waals surface area contributed by atoms with Crippen molar-refractivity contribution in [2.24, 2.45) is 0 Å². The summed E-state index contributed by atoms with van der Waals surface area (Å²) in [5.74, 6) is 0.940. The minimum absolute atomic E-state index is 0.577. The second-order valence-corrected chi connectivity index (χ2v) is 8.89. The van der Waals surface area contributed by atoms with Gasteiger partial charge in [-0.05, 0) is 75.0 Å². The quantitative estimate of drug-likeness (QED) is 0.254. The Balaban J connectivity index is 1.63. The molecule has 0 radical (unpaired) electrons. The van der Waals surface area contributed by atoms with Gasteiger partial charge in [-0.25, -0.2) is 4.98 Å². The third kappa shape index (κ3) is 3.83. The van der Waals surface area contributed by atoms with E-state index in [0.29, 0.717) is 6.61 Å². The Kier molecular flexibility index (Phi) is 5.23. The van der Waals surface area contributed by atoms with Crippen LogP contribution in [-0.4, -0.2) is 4.98 Å². The zero-order chi connectivity index (χ0) is 17.2. The highest BCUT2D eigenvalue weighted by atomic mass is 127. The van der Waals surface area contributed by atoms with Crippen LogP contribution in [0.3, 0.4) is 0 Å². The molecule has 1 heterocycles. The maximum Gasteiger partial charge on any atom is 0.146 e. The van der Waals surface area contributed by atoms with Crippen LogP contribution in [0.5, 0.6) is 5.75 Å². The number of halogens is 2. The summed E-state index contributed by atoms with van der Waals surface area (Å²) in [6.07, 6.45) is 0. The first-order valence-electron chi connectivity index (χ1n) is 7.72. The van der Waals surface area contributed by atoms with Crippen LogP contribution in [0, 0.1) is 7.14 Å². The van der Waals surface area contributed by atoms with Crippen LogP contribution in [0.2, 0.25) is 0 Å². The van der Waals surface area contributed by atoms with E-state index in [-0.39, 0.29) is 0 Å². The fraction of sp³-hybridized carbons (Fsp3) is 0.0500. The largest absolute Gasteiger partial charge is 0.487 e. The summed E-state index contributed by atoms with van der Waals surface area (Å²) in [5.41, 5.74) is 3.36. The molecule has 0 unspecified atom stereocenters. The fourth-order valence-corrected chi connectivity index (χ4v) is 5.58. The Morgan fingerprint density at radius 3 is 2.28 bits per heavy atom. The lowest BCUT2D eigenvalue weighted by Gasteiger charge is -2.12. The number of benzene rings is 3. The predicted molar refractivity (Wildman–Crippen MR) is 121 cm³/mol. The number of fused-ring (bicyclic) bond motifs is 1. The summed E-state index contributed by atoms with van der Waals surface area (Å²) in [6.45, 7) is 0.577. The van der Waals surface area contributed by atoms with E-state index < -0.39 is 0 Å². The number of hydrogen-bond donors (Lipinski definition) is 0. The van der Waals surface area contributed by atoms with Gasteiger partial charge < -0.3 is 4.74 Å². The molecule has 25 heavy (non-hydrogen) atoms. The molecular weight excluding hydrogens is 556 g/mol. The van der Waals surface area contributed by atoms with Crippen LogP contribution in [0.1, 0.15) is 5.56 Å². The molecule has 0 atom stereocenters. The lowest BCUT2D eigenvalue weighted by molar-refractivity contribution is 0.302. The van der Waals surface area contributed by atoms with Gasteiger partial charge in [-0.3, -0.25) is 0 Å². The topological polar surface area (TPSA) is 22.1 Å². The second-order valence-electron chi connectivity index (χ2n) is 5.53. The van der Waals surface area contributed by atoms with Gasteiger partial charge in [0, 0.05) is 5.56 Å². The van der Waals surface area contributed by atoms with E-state index in [2.05, 4.69) is 87.6 Å². The lowest BCUT2D eigenvalue weighted by Crippen LogP contribution is -1.99. The van der Waals surface area contributed by atoms with Gasteiger partial charge in [-0.15, -0.1) is 11.3 Å².